The van der Waals surface area contributed by atoms with E-state index in [4.69, 9.17) is 16.3 Å². The van der Waals surface area contributed by atoms with Crippen LogP contribution in [-0.4, -0.2) is 24.8 Å². The molecule has 1 aromatic rings. The van der Waals surface area contributed by atoms with Gasteiger partial charge < -0.3 is 4.74 Å². The minimum atomic E-state index is 0.308. The summed E-state index contributed by atoms with van der Waals surface area (Å²) in [6.45, 7) is 1.77. The highest BCUT2D eigenvalue weighted by atomic mass is 35.5. The van der Waals surface area contributed by atoms with E-state index in [9.17, 15) is 0 Å². The van der Waals surface area contributed by atoms with E-state index in [1.54, 1.807) is 5.56 Å². The average Bonchev–Trinajstić information content (AvgIpc) is 2.83. The van der Waals surface area contributed by atoms with Crippen molar-refractivity contribution in [3.8, 4) is 0 Å². The zero-order valence-corrected chi connectivity index (χ0v) is 12.1. The van der Waals surface area contributed by atoms with Crippen LogP contribution in [0.1, 0.15) is 30.7 Å². The van der Waals surface area contributed by atoms with Crippen molar-refractivity contribution in [2.45, 2.75) is 30.1 Å². The Hall–Kier alpha value is -0.180. The molecular formula is C15H19ClOS. The summed E-state index contributed by atoms with van der Waals surface area (Å²) in [5.41, 5.74) is 1.85. The number of hydrogen-bond donors (Lipinski definition) is 0. The topological polar surface area (TPSA) is 9.23 Å². The highest BCUT2D eigenvalue weighted by Gasteiger charge is 2.36. The number of alkyl halides is 1. The molecule has 0 spiro atoms. The Bertz CT molecular complexity index is 415. The second-order valence-electron chi connectivity index (χ2n) is 5.50. The van der Waals surface area contributed by atoms with Crippen LogP contribution < -0.4 is 0 Å². The monoisotopic (exact) mass is 282 g/mol. The molecule has 1 unspecified atom stereocenters. The van der Waals surface area contributed by atoms with E-state index in [2.05, 4.69) is 24.3 Å². The average molecular weight is 283 g/mol. The van der Waals surface area contributed by atoms with E-state index in [0.29, 0.717) is 11.3 Å². The van der Waals surface area contributed by atoms with Gasteiger partial charge in [0, 0.05) is 29.7 Å². The summed E-state index contributed by atoms with van der Waals surface area (Å²) in [5, 5.41) is 0. The van der Waals surface area contributed by atoms with Gasteiger partial charge in [-0.25, -0.2) is 0 Å². The highest BCUT2D eigenvalue weighted by molar-refractivity contribution is 7.99. The van der Waals surface area contributed by atoms with Crippen molar-refractivity contribution in [2.75, 3.05) is 24.8 Å². The van der Waals surface area contributed by atoms with Gasteiger partial charge in [0.15, 0.2) is 0 Å². The third-order valence-corrected chi connectivity index (χ3v) is 6.13. The Kier molecular flexibility index (Phi) is 3.88. The number of benzene rings is 1. The number of rotatable bonds is 3. The van der Waals surface area contributed by atoms with Gasteiger partial charge in [0.2, 0.25) is 0 Å². The SMILES string of the molecule is ClCC1(CC2CSc3ccccc32)CCOCC1. The van der Waals surface area contributed by atoms with Crippen molar-refractivity contribution in [3.63, 3.8) is 0 Å². The number of halogens is 1. The summed E-state index contributed by atoms with van der Waals surface area (Å²) in [6, 6.07) is 8.84. The van der Waals surface area contributed by atoms with Gasteiger partial charge in [0.25, 0.3) is 0 Å². The Balaban J connectivity index is 1.77. The first kappa shape index (κ1) is 12.8. The summed E-state index contributed by atoms with van der Waals surface area (Å²) in [4.78, 5) is 1.47. The van der Waals surface area contributed by atoms with Crippen LogP contribution in [0.15, 0.2) is 29.2 Å². The van der Waals surface area contributed by atoms with E-state index in [-0.39, 0.29) is 0 Å². The molecule has 0 amide bonds. The van der Waals surface area contributed by atoms with Crippen LogP contribution >= 0.6 is 23.4 Å². The minimum absolute atomic E-state index is 0.308. The van der Waals surface area contributed by atoms with Gasteiger partial charge in [-0.1, -0.05) is 18.2 Å². The molecule has 0 aromatic heterocycles. The van der Waals surface area contributed by atoms with Crippen molar-refractivity contribution in [3.05, 3.63) is 29.8 Å². The van der Waals surface area contributed by atoms with Crippen LogP contribution in [0.3, 0.4) is 0 Å². The first-order valence-electron chi connectivity index (χ1n) is 6.68. The van der Waals surface area contributed by atoms with Crippen LogP contribution in [0.2, 0.25) is 0 Å². The Labute approximate surface area is 118 Å². The molecule has 0 saturated carbocycles. The van der Waals surface area contributed by atoms with Crippen LogP contribution in [0.5, 0.6) is 0 Å². The molecule has 0 radical (unpaired) electrons. The van der Waals surface area contributed by atoms with Crippen molar-refractivity contribution in [2.24, 2.45) is 5.41 Å². The number of hydrogen-bond acceptors (Lipinski definition) is 2. The molecule has 1 fully saturated rings. The van der Waals surface area contributed by atoms with Gasteiger partial charge in [-0.3, -0.25) is 0 Å². The highest BCUT2D eigenvalue weighted by Crippen LogP contribution is 2.48. The van der Waals surface area contributed by atoms with Crippen LogP contribution in [-0.2, 0) is 4.74 Å². The first-order chi connectivity index (χ1) is 8.83. The lowest BCUT2D eigenvalue weighted by molar-refractivity contribution is 0.0191. The molecule has 1 nitrogen and oxygen atoms in total. The largest absolute Gasteiger partial charge is 0.381 e. The van der Waals surface area contributed by atoms with Gasteiger partial charge in [0.05, 0.1) is 0 Å². The molecule has 2 aliphatic heterocycles. The summed E-state index contributed by atoms with van der Waals surface area (Å²) < 4.78 is 5.50. The van der Waals surface area contributed by atoms with E-state index >= 15 is 0 Å². The molecule has 2 aliphatic rings. The summed E-state index contributed by atoms with van der Waals surface area (Å²) in [5.74, 6) is 2.68. The van der Waals surface area contributed by atoms with Gasteiger partial charge in [-0.2, -0.15) is 0 Å². The van der Waals surface area contributed by atoms with Gasteiger partial charge in [0.1, 0.15) is 0 Å². The molecular weight excluding hydrogens is 264 g/mol. The third-order valence-electron chi connectivity index (χ3n) is 4.32. The maximum absolute atomic E-state index is 6.28. The van der Waals surface area contributed by atoms with E-state index < -0.39 is 0 Å². The molecule has 3 rings (SSSR count). The predicted octanol–water partition coefficient (Wildman–Crippen LogP) is 4.30. The molecule has 98 valence electrons. The molecule has 1 saturated heterocycles. The fraction of sp³-hybridized carbons (Fsp3) is 0.600. The van der Waals surface area contributed by atoms with E-state index in [1.807, 2.05) is 11.8 Å². The molecule has 1 aromatic carbocycles. The number of fused-ring (bicyclic) bond motifs is 1. The van der Waals surface area contributed by atoms with E-state index in [0.717, 1.165) is 31.9 Å². The lowest BCUT2D eigenvalue weighted by atomic mass is 9.74. The molecule has 0 bridgehead atoms. The Morgan fingerprint density at radius 2 is 2.06 bits per heavy atom. The Morgan fingerprint density at radius 1 is 1.28 bits per heavy atom. The molecule has 18 heavy (non-hydrogen) atoms. The van der Waals surface area contributed by atoms with Crippen molar-refractivity contribution < 1.29 is 4.74 Å². The standard InChI is InChI=1S/C15H19ClOS/c16-11-15(5-7-17-8-6-15)9-12-10-18-14-4-2-1-3-13(12)14/h1-4,12H,5-11H2. The Morgan fingerprint density at radius 3 is 2.83 bits per heavy atom. The summed E-state index contributed by atoms with van der Waals surface area (Å²) in [6.07, 6.45) is 3.48. The summed E-state index contributed by atoms with van der Waals surface area (Å²) >= 11 is 8.28. The smallest absolute Gasteiger partial charge is 0.0471 e. The zero-order chi connectivity index (χ0) is 12.4. The maximum atomic E-state index is 6.28. The van der Waals surface area contributed by atoms with Crippen LogP contribution in [0.25, 0.3) is 0 Å². The summed E-state index contributed by atoms with van der Waals surface area (Å²) in [7, 11) is 0. The molecule has 3 heteroatoms. The van der Waals surface area contributed by atoms with Crippen LogP contribution in [0, 0.1) is 5.41 Å². The van der Waals surface area contributed by atoms with Gasteiger partial charge >= 0.3 is 0 Å². The van der Waals surface area contributed by atoms with Gasteiger partial charge in [-0.05, 0) is 42.2 Å². The van der Waals surface area contributed by atoms with E-state index in [1.165, 1.54) is 17.1 Å². The molecule has 1 atom stereocenters. The fourth-order valence-electron chi connectivity index (χ4n) is 3.12. The first-order valence-corrected chi connectivity index (χ1v) is 8.20. The normalized spacial score (nSPS) is 25.9. The van der Waals surface area contributed by atoms with Gasteiger partial charge in [-0.15, -0.1) is 23.4 Å². The third kappa shape index (κ3) is 2.43. The second kappa shape index (κ2) is 5.44. The predicted molar refractivity (Wildman–Crippen MR) is 77.7 cm³/mol. The van der Waals surface area contributed by atoms with Crippen molar-refractivity contribution in [1.82, 2.24) is 0 Å². The zero-order valence-electron chi connectivity index (χ0n) is 10.5. The number of thioether (sulfide) groups is 1. The molecule has 2 heterocycles. The quantitative estimate of drug-likeness (QED) is 0.765. The maximum Gasteiger partial charge on any atom is 0.0471 e. The molecule has 0 aliphatic carbocycles. The van der Waals surface area contributed by atoms with Crippen molar-refractivity contribution >= 4 is 23.4 Å². The van der Waals surface area contributed by atoms with Crippen molar-refractivity contribution in [1.29, 1.82) is 0 Å². The van der Waals surface area contributed by atoms with Crippen LogP contribution in [0.4, 0.5) is 0 Å². The fourth-order valence-corrected chi connectivity index (χ4v) is 4.75. The lowest BCUT2D eigenvalue weighted by Crippen LogP contribution is -2.33. The minimum Gasteiger partial charge on any atom is -0.381 e. The second-order valence-corrected chi connectivity index (χ2v) is 6.82. The number of ether oxygens (including phenoxy) is 1. The molecule has 0 N–H and O–H groups in total. The lowest BCUT2D eigenvalue weighted by Gasteiger charge is -2.37.